The summed E-state index contributed by atoms with van der Waals surface area (Å²) in [5, 5.41) is 25.1. The quantitative estimate of drug-likeness (QED) is 0.714. The SMILES string of the molecule is C=CC(=O)O.CC(=Cc1ccc(O)cc1)C(=O)O. The first-order valence-corrected chi connectivity index (χ1v) is 4.92. The molecule has 3 N–H and O–H groups in total. The number of aliphatic carboxylic acids is 2. The van der Waals surface area contributed by atoms with E-state index in [1.807, 2.05) is 0 Å². The number of hydrogen-bond acceptors (Lipinski definition) is 3. The van der Waals surface area contributed by atoms with Crippen molar-refractivity contribution in [3.8, 4) is 5.75 Å². The van der Waals surface area contributed by atoms with Gasteiger partial charge in [0.15, 0.2) is 0 Å². The number of hydrogen-bond donors (Lipinski definition) is 3. The van der Waals surface area contributed by atoms with Crippen molar-refractivity contribution in [3.05, 3.63) is 48.1 Å². The number of carboxylic acid groups (broad SMARTS) is 2. The van der Waals surface area contributed by atoms with E-state index >= 15 is 0 Å². The molecule has 1 rings (SSSR count). The van der Waals surface area contributed by atoms with Gasteiger partial charge in [-0.25, -0.2) is 9.59 Å². The topological polar surface area (TPSA) is 94.8 Å². The lowest BCUT2D eigenvalue weighted by molar-refractivity contribution is -0.133. The molecule has 0 saturated carbocycles. The number of carboxylic acids is 2. The molecular formula is C13H14O5. The molecule has 0 fully saturated rings. The van der Waals surface area contributed by atoms with E-state index in [0.717, 1.165) is 11.6 Å². The molecule has 5 heteroatoms. The average molecular weight is 250 g/mol. The average Bonchev–Trinajstić information content (AvgIpc) is 2.32. The third kappa shape index (κ3) is 6.84. The van der Waals surface area contributed by atoms with Crippen molar-refractivity contribution in [1.82, 2.24) is 0 Å². The largest absolute Gasteiger partial charge is 0.508 e. The molecule has 96 valence electrons. The van der Waals surface area contributed by atoms with Crippen LogP contribution in [0.15, 0.2) is 42.5 Å². The maximum Gasteiger partial charge on any atom is 0.331 e. The zero-order chi connectivity index (χ0) is 14.1. The van der Waals surface area contributed by atoms with Gasteiger partial charge in [0.25, 0.3) is 0 Å². The molecule has 5 nitrogen and oxygen atoms in total. The van der Waals surface area contributed by atoms with Crippen molar-refractivity contribution in [2.45, 2.75) is 6.92 Å². The lowest BCUT2D eigenvalue weighted by Crippen LogP contribution is -1.95. The van der Waals surface area contributed by atoms with E-state index in [0.29, 0.717) is 0 Å². The summed E-state index contributed by atoms with van der Waals surface area (Å²) in [5.74, 6) is -1.75. The van der Waals surface area contributed by atoms with E-state index in [-0.39, 0.29) is 11.3 Å². The van der Waals surface area contributed by atoms with E-state index in [2.05, 4.69) is 6.58 Å². The Labute approximate surface area is 104 Å². The summed E-state index contributed by atoms with van der Waals surface area (Å²) in [4.78, 5) is 19.7. The minimum Gasteiger partial charge on any atom is -0.508 e. The summed E-state index contributed by atoms with van der Waals surface area (Å²) in [6.07, 6.45) is 2.38. The van der Waals surface area contributed by atoms with Crippen LogP contribution in [0.2, 0.25) is 0 Å². The van der Waals surface area contributed by atoms with Crippen LogP contribution in [0.4, 0.5) is 0 Å². The fourth-order valence-electron chi connectivity index (χ4n) is 0.882. The molecule has 0 unspecified atom stereocenters. The van der Waals surface area contributed by atoms with E-state index in [4.69, 9.17) is 15.3 Å². The standard InChI is InChI=1S/C10H10O3.C3H4O2/c1-7(10(12)13)6-8-2-4-9(11)5-3-8;1-2-3(4)5/h2-6,11H,1H3,(H,12,13);2H,1H2,(H,4,5). The van der Waals surface area contributed by atoms with E-state index in [1.54, 1.807) is 18.2 Å². The summed E-state index contributed by atoms with van der Waals surface area (Å²) in [5.41, 5.74) is 1.03. The summed E-state index contributed by atoms with van der Waals surface area (Å²) >= 11 is 0. The van der Waals surface area contributed by atoms with Gasteiger partial charge in [-0.05, 0) is 30.7 Å². The third-order valence-electron chi connectivity index (χ3n) is 1.79. The lowest BCUT2D eigenvalue weighted by atomic mass is 10.1. The van der Waals surface area contributed by atoms with Crippen molar-refractivity contribution in [2.24, 2.45) is 0 Å². The van der Waals surface area contributed by atoms with Crippen molar-refractivity contribution in [1.29, 1.82) is 0 Å². The van der Waals surface area contributed by atoms with Gasteiger partial charge >= 0.3 is 11.9 Å². The molecule has 0 radical (unpaired) electrons. The molecule has 0 aliphatic rings. The number of phenols is 1. The van der Waals surface area contributed by atoms with Crippen LogP contribution in [0.5, 0.6) is 5.75 Å². The maximum absolute atomic E-state index is 10.5. The highest BCUT2D eigenvalue weighted by molar-refractivity contribution is 5.91. The predicted octanol–water partition coefficient (Wildman–Crippen LogP) is 2.14. The smallest absolute Gasteiger partial charge is 0.331 e. The number of carbonyl (C=O) groups is 2. The first-order valence-electron chi connectivity index (χ1n) is 4.92. The van der Waals surface area contributed by atoms with Gasteiger partial charge in [0, 0.05) is 11.6 Å². The summed E-state index contributed by atoms with van der Waals surface area (Å²) in [7, 11) is 0. The van der Waals surface area contributed by atoms with Gasteiger partial charge in [0.05, 0.1) is 0 Å². The molecule has 0 heterocycles. The van der Waals surface area contributed by atoms with Crippen molar-refractivity contribution in [2.75, 3.05) is 0 Å². The van der Waals surface area contributed by atoms with E-state index in [9.17, 15) is 9.59 Å². The molecule has 0 atom stereocenters. The number of benzene rings is 1. The van der Waals surface area contributed by atoms with Gasteiger partial charge in [-0.2, -0.15) is 0 Å². The van der Waals surface area contributed by atoms with Gasteiger partial charge in [0.1, 0.15) is 5.75 Å². The van der Waals surface area contributed by atoms with E-state index in [1.165, 1.54) is 19.1 Å². The zero-order valence-electron chi connectivity index (χ0n) is 9.83. The highest BCUT2D eigenvalue weighted by Crippen LogP contribution is 2.12. The van der Waals surface area contributed by atoms with Gasteiger partial charge in [-0.1, -0.05) is 18.7 Å². The Hall–Kier alpha value is -2.56. The minimum atomic E-state index is -0.981. The summed E-state index contributed by atoms with van der Waals surface area (Å²) < 4.78 is 0. The molecule has 0 saturated heterocycles. The van der Waals surface area contributed by atoms with Crippen LogP contribution >= 0.6 is 0 Å². The van der Waals surface area contributed by atoms with Crippen LogP contribution in [0.1, 0.15) is 12.5 Å². The van der Waals surface area contributed by atoms with Crippen molar-refractivity contribution >= 4 is 18.0 Å². The first kappa shape index (κ1) is 15.4. The minimum absolute atomic E-state index is 0.171. The van der Waals surface area contributed by atoms with Crippen LogP contribution < -0.4 is 0 Å². The highest BCUT2D eigenvalue weighted by Gasteiger charge is 1.99. The fourth-order valence-corrected chi connectivity index (χ4v) is 0.882. The monoisotopic (exact) mass is 250 g/mol. The normalized spacial score (nSPS) is 9.94. The molecule has 0 bridgehead atoms. The molecule has 0 aromatic heterocycles. The molecule has 1 aromatic rings. The zero-order valence-corrected chi connectivity index (χ0v) is 9.83. The fraction of sp³-hybridized carbons (Fsp3) is 0.0769. The van der Waals surface area contributed by atoms with Gasteiger partial charge in [0.2, 0.25) is 0 Å². The number of phenolic OH excluding ortho intramolecular Hbond substituents is 1. The molecule has 1 aromatic carbocycles. The Bertz CT molecular complexity index is 457. The Balaban J connectivity index is 0.000000494. The van der Waals surface area contributed by atoms with Gasteiger partial charge in [-0.3, -0.25) is 0 Å². The second-order valence-electron chi connectivity index (χ2n) is 3.27. The van der Waals surface area contributed by atoms with Crippen LogP contribution in [0.25, 0.3) is 6.08 Å². The number of rotatable bonds is 3. The molecule has 0 aliphatic carbocycles. The Kier molecular flexibility index (Phi) is 6.58. The Morgan fingerprint density at radius 3 is 1.94 bits per heavy atom. The number of aromatic hydroxyl groups is 1. The van der Waals surface area contributed by atoms with Crippen LogP contribution in [0, 0.1) is 0 Å². The van der Waals surface area contributed by atoms with E-state index < -0.39 is 11.9 Å². The molecule has 18 heavy (non-hydrogen) atoms. The van der Waals surface area contributed by atoms with Crippen LogP contribution in [-0.4, -0.2) is 27.3 Å². The third-order valence-corrected chi connectivity index (χ3v) is 1.79. The second kappa shape index (κ2) is 7.67. The molecule has 0 amide bonds. The van der Waals surface area contributed by atoms with Crippen LogP contribution in [0.3, 0.4) is 0 Å². The molecule has 0 aliphatic heterocycles. The van der Waals surface area contributed by atoms with Gasteiger partial charge < -0.3 is 15.3 Å². The maximum atomic E-state index is 10.5. The molecule has 0 spiro atoms. The van der Waals surface area contributed by atoms with Crippen molar-refractivity contribution < 1.29 is 24.9 Å². The summed E-state index contributed by atoms with van der Waals surface area (Å²) in [6, 6.07) is 6.34. The molecular weight excluding hydrogens is 236 g/mol. The van der Waals surface area contributed by atoms with Crippen LogP contribution in [-0.2, 0) is 9.59 Å². The van der Waals surface area contributed by atoms with Crippen molar-refractivity contribution in [3.63, 3.8) is 0 Å². The Morgan fingerprint density at radius 1 is 1.17 bits per heavy atom. The second-order valence-corrected chi connectivity index (χ2v) is 3.27. The summed E-state index contributed by atoms with van der Waals surface area (Å²) in [6.45, 7) is 4.48. The Morgan fingerprint density at radius 2 is 1.61 bits per heavy atom. The highest BCUT2D eigenvalue weighted by atomic mass is 16.4. The lowest BCUT2D eigenvalue weighted by Gasteiger charge is -1.95. The predicted molar refractivity (Wildman–Crippen MR) is 67.2 cm³/mol. The first-order chi connectivity index (χ1) is 8.36. The van der Waals surface area contributed by atoms with Gasteiger partial charge in [-0.15, -0.1) is 0 Å².